The Kier molecular flexibility index (Phi) is 4.46. The Balaban J connectivity index is 2.35. The molecule has 0 radical (unpaired) electrons. The van der Waals surface area contributed by atoms with Gasteiger partial charge >= 0.3 is 0 Å². The van der Waals surface area contributed by atoms with Crippen molar-refractivity contribution in [2.24, 2.45) is 0 Å². The lowest BCUT2D eigenvalue weighted by atomic mass is 10.1. The van der Waals surface area contributed by atoms with Crippen LogP contribution in [0.4, 0.5) is 5.69 Å². The Morgan fingerprint density at radius 2 is 2.25 bits per heavy atom. The first-order chi connectivity index (χ1) is 9.51. The number of benzene rings is 1. The molecule has 0 fully saturated rings. The molecule has 0 bridgehead atoms. The van der Waals surface area contributed by atoms with E-state index in [2.05, 4.69) is 9.36 Å². The second-order valence-electron chi connectivity index (χ2n) is 3.93. The van der Waals surface area contributed by atoms with E-state index in [0.29, 0.717) is 10.5 Å². The topological polar surface area (TPSA) is 86.0 Å². The molecule has 0 spiro atoms. The molecule has 0 unspecified atom stereocenters. The third kappa shape index (κ3) is 3.20. The van der Waals surface area contributed by atoms with Crippen LogP contribution in [0.2, 0.25) is 0 Å². The van der Waals surface area contributed by atoms with Gasteiger partial charge in [-0.2, -0.15) is 4.37 Å². The zero-order chi connectivity index (χ0) is 14.7. The molecule has 1 heterocycles. The quantitative estimate of drug-likeness (QED) is 0.478. The third-order valence-electron chi connectivity index (χ3n) is 2.52. The monoisotopic (exact) mass is 309 g/mol. The summed E-state index contributed by atoms with van der Waals surface area (Å²) in [5.41, 5.74) is 0.239. The first kappa shape index (κ1) is 14.6. The van der Waals surface area contributed by atoms with Crippen LogP contribution in [-0.2, 0) is 6.42 Å². The number of ketones is 1. The lowest BCUT2D eigenvalue weighted by molar-refractivity contribution is -0.384. The zero-order valence-corrected chi connectivity index (χ0v) is 12.5. The number of aromatic nitrogens is 2. The van der Waals surface area contributed by atoms with Gasteiger partial charge in [-0.15, -0.1) is 0 Å². The van der Waals surface area contributed by atoms with Crippen LogP contribution >= 0.6 is 23.3 Å². The number of rotatable bonds is 5. The largest absolute Gasteiger partial charge is 0.294 e. The average molecular weight is 309 g/mol. The molecule has 0 amide bonds. The summed E-state index contributed by atoms with van der Waals surface area (Å²) in [4.78, 5) is 26.8. The fraction of sp³-hybridized carbons (Fsp3) is 0.250. The highest BCUT2D eigenvalue weighted by molar-refractivity contribution is 8.01. The van der Waals surface area contributed by atoms with Gasteiger partial charge in [0.25, 0.3) is 5.69 Å². The van der Waals surface area contributed by atoms with E-state index in [0.717, 1.165) is 16.6 Å². The first-order valence-corrected chi connectivity index (χ1v) is 7.40. The number of nitro benzene ring substituents is 1. The van der Waals surface area contributed by atoms with Crippen LogP contribution in [0.3, 0.4) is 0 Å². The molecule has 6 nitrogen and oxygen atoms in total. The van der Waals surface area contributed by atoms with Crippen molar-refractivity contribution in [3.63, 3.8) is 0 Å². The molecule has 2 rings (SSSR count). The average Bonchev–Trinajstić information content (AvgIpc) is 2.86. The van der Waals surface area contributed by atoms with Gasteiger partial charge in [-0.3, -0.25) is 14.9 Å². The molecule has 0 atom stereocenters. The standard InChI is InChI=1S/C12H11N3O3S2/c1-3-11-13-12(20-14-11)19-10-5-4-8(15(17)18)6-9(10)7(2)16/h4-6H,3H2,1-2H3. The predicted molar refractivity (Wildman–Crippen MR) is 76.5 cm³/mol. The summed E-state index contributed by atoms with van der Waals surface area (Å²) < 4.78 is 4.89. The molecule has 104 valence electrons. The van der Waals surface area contributed by atoms with E-state index in [-0.39, 0.29) is 11.5 Å². The number of Topliss-reactive ketones (excluding diaryl/α,β-unsaturated/α-hetero) is 1. The summed E-state index contributed by atoms with van der Waals surface area (Å²) in [6.07, 6.45) is 0.747. The number of non-ortho nitro benzene ring substituents is 1. The van der Waals surface area contributed by atoms with Gasteiger partial charge in [0.05, 0.1) is 4.92 Å². The molecule has 1 aromatic carbocycles. The molecule has 20 heavy (non-hydrogen) atoms. The van der Waals surface area contributed by atoms with E-state index < -0.39 is 4.92 Å². The second kappa shape index (κ2) is 6.10. The van der Waals surface area contributed by atoms with Gasteiger partial charge in [0.15, 0.2) is 10.1 Å². The molecule has 0 saturated carbocycles. The minimum absolute atomic E-state index is 0.0916. The fourth-order valence-electron chi connectivity index (χ4n) is 1.51. The highest BCUT2D eigenvalue weighted by Gasteiger charge is 2.16. The Bertz CT molecular complexity index is 670. The Morgan fingerprint density at radius 1 is 1.50 bits per heavy atom. The van der Waals surface area contributed by atoms with Crippen molar-refractivity contribution in [1.29, 1.82) is 0 Å². The summed E-state index contributed by atoms with van der Waals surface area (Å²) in [5, 5.41) is 10.8. The van der Waals surface area contributed by atoms with Crippen molar-refractivity contribution in [3.05, 3.63) is 39.7 Å². The molecule has 2 aromatic rings. The summed E-state index contributed by atoms with van der Waals surface area (Å²) >= 11 is 2.56. The molecule has 0 aliphatic rings. The number of nitro groups is 1. The maximum Gasteiger partial charge on any atom is 0.270 e. The van der Waals surface area contributed by atoms with Gasteiger partial charge < -0.3 is 0 Å². The first-order valence-electron chi connectivity index (χ1n) is 5.81. The number of hydrogen-bond donors (Lipinski definition) is 0. The van der Waals surface area contributed by atoms with Crippen LogP contribution in [0.5, 0.6) is 0 Å². The number of hydrogen-bond acceptors (Lipinski definition) is 7. The van der Waals surface area contributed by atoms with Crippen molar-refractivity contribution in [3.8, 4) is 0 Å². The fourth-order valence-corrected chi connectivity index (χ4v) is 3.33. The van der Waals surface area contributed by atoms with E-state index in [9.17, 15) is 14.9 Å². The van der Waals surface area contributed by atoms with Gasteiger partial charge in [0.2, 0.25) is 0 Å². The molecule has 8 heteroatoms. The van der Waals surface area contributed by atoms with E-state index in [1.54, 1.807) is 6.07 Å². The highest BCUT2D eigenvalue weighted by atomic mass is 32.2. The molecular formula is C12H11N3O3S2. The van der Waals surface area contributed by atoms with Crippen molar-refractivity contribution in [2.75, 3.05) is 0 Å². The molecule has 0 aliphatic carbocycles. The summed E-state index contributed by atoms with van der Waals surface area (Å²) in [6, 6.07) is 4.26. The maximum absolute atomic E-state index is 11.6. The summed E-state index contributed by atoms with van der Waals surface area (Å²) in [6.45, 7) is 3.35. The van der Waals surface area contributed by atoms with Gasteiger partial charge in [0, 0.05) is 29.0 Å². The lowest BCUT2D eigenvalue weighted by Gasteiger charge is -2.04. The zero-order valence-electron chi connectivity index (χ0n) is 10.8. The number of nitrogens with zero attached hydrogens (tertiary/aromatic N) is 3. The van der Waals surface area contributed by atoms with Crippen molar-refractivity contribution >= 4 is 34.8 Å². The molecule has 0 saturated heterocycles. The van der Waals surface area contributed by atoms with Crippen LogP contribution in [0.1, 0.15) is 30.0 Å². The number of aryl methyl sites for hydroxylation is 1. The summed E-state index contributed by atoms with van der Waals surface area (Å²) in [5.74, 6) is 0.542. The van der Waals surface area contributed by atoms with Crippen LogP contribution in [0, 0.1) is 10.1 Å². The van der Waals surface area contributed by atoms with Crippen LogP contribution in [-0.4, -0.2) is 20.1 Å². The van der Waals surface area contributed by atoms with Crippen molar-refractivity contribution in [1.82, 2.24) is 9.36 Å². The van der Waals surface area contributed by atoms with Crippen LogP contribution in [0.25, 0.3) is 0 Å². The molecule has 0 N–H and O–H groups in total. The Morgan fingerprint density at radius 3 is 2.80 bits per heavy atom. The smallest absolute Gasteiger partial charge is 0.270 e. The van der Waals surface area contributed by atoms with E-state index in [1.165, 1.54) is 42.4 Å². The minimum Gasteiger partial charge on any atom is -0.294 e. The van der Waals surface area contributed by atoms with Gasteiger partial charge in [-0.25, -0.2) is 4.98 Å². The predicted octanol–water partition coefficient (Wildman–Crippen LogP) is 3.36. The van der Waals surface area contributed by atoms with E-state index in [4.69, 9.17) is 0 Å². The third-order valence-corrected chi connectivity index (χ3v) is 4.38. The highest BCUT2D eigenvalue weighted by Crippen LogP contribution is 2.33. The normalized spacial score (nSPS) is 10.5. The van der Waals surface area contributed by atoms with Crippen molar-refractivity contribution in [2.45, 2.75) is 29.5 Å². The second-order valence-corrected chi connectivity index (χ2v) is 5.97. The minimum atomic E-state index is -0.513. The number of carbonyl (C=O) groups is 1. The molecule has 1 aromatic heterocycles. The van der Waals surface area contributed by atoms with Crippen molar-refractivity contribution < 1.29 is 9.72 Å². The Labute approximate surface area is 123 Å². The number of carbonyl (C=O) groups excluding carboxylic acids is 1. The molecular weight excluding hydrogens is 298 g/mol. The van der Waals surface area contributed by atoms with Gasteiger partial charge in [-0.1, -0.05) is 18.7 Å². The van der Waals surface area contributed by atoms with E-state index in [1.807, 2.05) is 6.92 Å². The van der Waals surface area contributed by atoms with Crippen LogP contribution in [0.15, 0.2) is 27.4 Å². The van der Waals surface area contributed by atoms with Crippen LogP contribution < -0.4 is 0 Å². The molecule has 0 aliphatic heterocycles. The maximum atomic E-state index is 11.6. The summed E-state index contributed by atoms with van der Waals surface area (Å²) in [7, 11) is 0. The van der Waals surface area contributed by atoms with Gasteiger partial charge in [-0.05, 0) is 24.5 Å². The Hall–Kier alpha value is -1.80. The van der Waals surface area contributed by atoms with Gasteiger partial charge in [0.1, 0.15) is 5.82 Å². The lowest BCUT2D eigenvalue weighted by Crippen LogP contribution is -1.97. The van der Waals surface area contributed by atoms with E-state index >= 15 is 0 Å². The SMILES string of the molecule is CCc1nsc(Sc2ccc([N+](=O)[O-])cc2C(C)=O)n1.